The van der Waals surface area contributed by atoms with Gasteiger partial charge in [0.05, 0.1) is 5.60 Å². The molecule has 0 aromatic rings. The summed E-state index contributed by atoms with van der Waals surface area (Å²) in [7, 11) is 0. The van der Waals surface area contributed by atoms with E-state index in [0.717, 1.165) is 24.6 Å². The highest BCUT2D eigenvalue weighted by molar-refractivity contribution is 7.99. The standard InChI is InChI=1S/C12H23NOS/c1-15-11-6-4-5-10(11)13-9-12(14)7-2-3-8-12/h10-11,13-14H,2-9H2,1H3. The normalized spacial score (nSPS) is 34.8. The second-order valence-corrected chi connectivity index (χ2v) is 6.20. The maximum Gasteiger partial charge on any atom is 0.0771 e. The van der Waals surface area contributed by atoms with Crippen molar-refractivity contribution in [1.82, 2.24) is 5.32 Å². The molecule has 0 aromatic carbocycles. The van der Waals surface area contributed by atoms with Crippen LogP contribution in [0.2, 0.25) is 0 Å². The van der Waals surface area contributed by atoms with Crippen LogP contribution in [-0.4, -0.2) is 34.8 Å². The molecule has 2 aliphatic carbocycles. The second kappa shape index (κ2) is 5.07. The zero-order chi connectivity index (χ0) is 10.7. The molecule has 2 atom stereocenters. The highest BCUT2D eigenvalue weighted by atomic mass is 32.2. The summed E-state index contributed by atoms with van der Waals surface area (Å²) in [4.78, 5) is 0. The van der Waals surface area contributed by atoms with Gasteiger partial charge in [-0.25, -0.2) is 0 Å². The summed E-state index contributed by atoms with van der Waals surface area (Å²) in [6, 6.07) is 0.643. The van der Waals surface area contributed by atoms with Gasteiger partial charge in [0.1, 0.15) is 0 Å². The van der Waals surface area contributed by atoms with Crippen molar-refractivity contribution in [2.24, 2.45) is 0 Å². The van der Waals surface area contributed by atoms with Crippen LogP contribution < -0.4 is 5.32 Å². The SMILES string of the molecule is CSC1CCCC1NCC1(O)CCCC1. The third-order valence-electron chi connectivity index (χ3n) is 3.98. The van der Waals surface area contributed by atoms with Crippen molar-refractivity contribution in [3.05, 3.63) is 0 Å². The van der Waals surface area contributed by atoms with Crippen molar-refractivity contribution in [3.63, 3.8) is 0 Å². The molecule has 2 rings (SSSR count). The van der Waals surface area contributed by atoms with E-state index in [9.17, 15) is 5.11 Å². The monoisotopic (exact) mass is 229 g/mol. The van der Waals surface area contributed by atoms with Crippen LogP contribution in [0.25, 0.3) is 0 Å². The summed E-state index contributed by atoms with van der Waals surface area (Å²) in [5, 5.41) is 14.6. The Morgan fingerprint density at radius 3 is 2.67 bits per heavy atom. The predicted molar refractivity (Wildman–Crippen MR) is 66.4 cm³/mol. The van der Waals surface area contributed by atoms with E-state index in [2.05, 4.69) is 11.6 Å². The molecule has 0 saturated heterocycles. The van der Waals surface area contributed by atoms with Crippen LogP contribution in [-0.2, 0) is 0 Å². The molecule has 2 nitrogen and oxygen atoms in total. The van der Waals surface area contributed by atoms with Crippen molar-refractivity contribution >= 4 is 11.8 Å². The van der Waals surface area contributed by atoms with Crippen molar-refractivity contribution in [2.75, 3.05) is 12.8 Å². The number of nitrogens with one attached hydrogen (secondary N) is 1. The number of aliphatic hydroxyl groups is 1. The largest absolute Gasteiger partial charge is 0.389 e. The first-order valence-electron chi connectivity index (χ1n) is 6.22. The van der Waals surface area contributed by atoms with Crippen LogP contribution in [0.15, 0.2) is 0 Å². The fourth-order valence-electron chi connectivity index (χ4n) is 2.97. The van der Waals surface area contributed by atoms with Gasteiger partial charge in [0, 0.05) is 17.8 Å². The first-order valence-corrected chi connectivity index (χ1v) is 7.51. The molecular weight excluding hydrogens is 206 g/mol. The quantitative estimate of drug-likeness (QED) is 0.775. The average Bonchev–Trinajstić information content (AvgIpc) is 2.84. The molecule has 2 unspecified atom stereocenters. The Hall–Kier alpha value is 0.270. The third-order valence-corrected chi connectivity index (χ3v) is 5.15. The maximum absolute atomic E-state index is 10.2. The first-order chi connectivity index (χ1) is 7.23. The summed E-state index contributed by atoms with van der Waals surface area (Å²) in [6.45, 7) is 0.814. The number of rotatable bonds is 4. The van der Waals surface area contributed by atoms with Crippen molar-refractivity contribution in [2.45, 2.75) is 61.8 Å². The lowest BCUT2D eigenvalue weighted by molar-refractivity contribution is 0.0452. The summed E-state index contributed by atoms with van der Waals surface area (Å²) in [5.41, 5.74) is -0.383. The molecule has 2 N–H and O–H groups in total. The Bertz CT molecular complexity index is 204. The van der Waals surface area contributed by atoms with Crippen molar-refractivity contribution in [1.29, 1.82) is 0 Å². The van der Waals surface area contributed by atoms with Crippen molar-refractivity contribution in [3.8, 4) is 0 Å². The lowest BCUT2D eigenvalue weighted by Crippen LogP contribution is -2.44. The van der Waals surface area contributed by atoms with Gasteiger partial charge in [-0.05, 0) is 31.9 Å². The Kier molecular flexibility index (Phi) is 3.97. The Labute approximate surface area is 97.2 Å². The molecule has 2 saturated carbocycles. The first kappa shape index (κ1) is 11.7. The minimum atomic E-state index is -0.383. The van der Waals surface area contributed by atoms with E-state index in [1.165, 1.54) is 32.1 Å². The van der Waals surface area contributed by atoms with Gasteiger partial charge in [-0.3, -0.25) is 0 Å². The maximum atomic E-state index is 10.2. The average molecular weight is 229 g/mol. The van der Waals surface area contributed by atoms with Crippen LogP contribution in [0.4, 0.5) is 0 Å². The van der Waals surface area contributed by atoms with Gasteiger partial charge in [0.15, 0.2) is 0 Å². The molecule has 0 radical (unpaired) electrons. The van der Waals surface area contributed by atoms with Gasteiger partial charge >= 0.3 is 0 Å². The summed E-state index contributed by atoms with van der Waals surface area (Å²) < 4.78 is 0. The minimum Gasteiger partial charge on any atom is -0.389 e. The third kappa shape index (κ3) is 2.89. The minimum absolute atomic E-state index is 0.383. The molecule has 15 heavy (non-hydrogen) atoms. The van der Waals surface area contributed by atoms with Gasteiger partial charge in [-0.15, -0.1) is 0 Å². The Morgan fingerprint density at radius 2 is 2.00 bits per heavy atom. The highest BCUT2D eigenvalue weighted by Gasteiger charge is 2.33. The van der Waals surface area contributed by atoms with Gasteiger partial charge in [0.2, 0.25) is 0 Å². The van der Waals surface area contributed by atoms with Crippen LogP contribution in [0.3, 0.4) is 0 Å². The molecular formula is C12H23NOS. The molecule has 0 heterocycles. The van der Waals surface area contributed by atoms with E-state index < -0.39 is 0 Å². The van der Waals surface area contributed by atoms with Crippen LogP contribution >= 0.6 is 11.8 Å². The highest BCUT2D eigenvalue weighted by Crippen LogP contribution is 2.31. The number of hydrogen-bond acceptors (Lipinski definition) is 3. The summed E-state index contributed by atoms with van der Waals surface area (Å²) >= 11 is 1.98. The fraction of sp³-hybridized carbons (Fsp3) is 1.00. The Morgan fingerprint density at radius 1 is 1.27 bits per heavy atom. The van der Waals surface area contributed by atoms with E-state index in [4.69, 9.17) is 0 Å². The number of thioether (sulfide) groups is 1. The lowest BCUT2D eigenvalue weighted by atomic mass is 10.0. The topological polar surface area (TPSA) is 32.3 Å². The Balaban J connectivity index is 1.77. The lowest BCUT2D eigenvalue weighted by Gasteiger charge is -2.27. The number of hydrogen-bond donors (Lipinski definition) is 2. The van der Waals surface area contributed by atoms with E-state index >= 15 is 0 Å². The second-order valence-electron chi connectivity index (χ2n) is 5.12. The molecule has 88 valence electrons. The molecule has 2 aliphatic rings. The van der Waals surface area contributed by atoms with Gasteiger partial charge in [-0.1, -0.05) is 19.3 Å². The molecule has 0 aromatic heterocycles. The molecule has 0 bridgehead atoms. The van der Waals surface area contributed by atoms with E-state index in [0.29, 0.717) is 6.04 Å². The van der Waals surface area contributed by atoms with E-state index in [-0.39, 0.29) is 5.60 Å². The molecule has 2 fully saturated rings. The van der Waals surface area contributed by atoms with Crippen LogP contribution in [0.5, 0.6) is 0 Å². The van der Waals surface area contributed by atoms with Gasteiger partial charge < -0.3 is 10.4 Å². The summed E-state index contributed by atoms with van der Waals surface area (Å²) in [5.74, 6) is 0. The molecule has 0 aliphatic heterocycles. The van der Waals surface area contributed by atoms with E-state index in [1.54, 1.807) is 0 Å². The molecule has 0 amide bonds. The van der Waals surface area contributed by atoms with Gasteiger partial charge in [0.25, 0.3) is 0 Å². The van der Waals surface area contributed by atoms with Crippen molar-refractivity contribution < 1.29 is 5.11 Å². The zero-order valence-corrected chi connectivity index (χ0v) is 10.5. The molecule has 0 spiro atoms. The van der Waals surface area contributed by atoms with E-state index in [1.807, 2.05) is 11.8 Å². The smallest absolute Gasteiger partial charge is 0.0771 e. The summed E-state index contributed by atoms with van der Waals surface area (Å²) in [6.07, 6.45) is 10.6. The molecule has 3 heteroatoms. The van der Waals surface area contributed by atoms with Gasteiger partial charge in [-0.2, -0.15) is 11.8 Å². The van der Waals surface area contributed by atoms with Crippen LogP contribution in [0.1, 0.15) is 44.9 Å². The fourth-order valence-corrected chi connectivity index (χ4v) is 3.94. The zero-order valence-electron chi connectivity index (χ0n) is 9.67. The predicted octanol–water partition coefficient (Wildman–Crippen LogP) is 2.17. The van der Waals surface area contributed by atoms with Crippen LogP contribution in [0, 0.1) is 0 Å².